The van der Waals surface area contributed by atoms with Gasteiger partial charge in [0.1, 0.15) is 11.2 Å². The van der Waals surface area contributed by atoms with Crippen molar-refractivity contribution >= 4 is 21.9 Å². The minimum absolute atomic E-state index is 0.734. The van der Waals surface area contributed by atoms with Crippen LogP contribution in [0.3, 0.4) is 0 Å². The Morgan fingerprint density at radius 3 is 2.61 bits per heavy atom. The largest absolute Gasteiger partial charge is 0.353 e. The van der Waals surface area contributed by atoms with Crippen molar-refractivity contribution in [3.63, 3.8) is 0 Å². The molecule has 5 aromatic heterocycles. The molecule has 0 radical (unpaired) electrons. The van der Waals surface area contributed by atoms with Gasteiger partial charge in [-0.1, -0.05) is 30.3 Å². The number of pyridine rings is 3. The van der Waals surface area contributed by atoms with Gasteiger partial charge >= 0.3 is 0 Å². The molecular formula is C26H21N7. The molecule has 0 spiro atoms. The molecule has 7 nitrogen and oxygen atoms in total. The minimum Gasteiger partial charge on any atom is -0.353 e. The van der Waals surface area contributed by atoms with Gasteiger partial charge in [-0.05, 0) is 41.5 Å². The Hall–Kier alpha value is -4.36. The van der Waals surface area contributed by atoms with Gasteiger partial charge < -0.3 is 10.3 Å². The fraction of sp³-hybridized carbons (Fsp3) is 0.0769. The molecule has 0 aliphatic carbocycles. The molecule has 3 N–H and O–H groups in total. The Morgan fingerprint density at radius 2 is 1.70 bits per heavy atom. The average molecular weight is 432 g/mol. The van der Waals surface area contributed by atoms with Crippen molar-refractivity contribution in [2.45, 2.75) is 13.1 Å². The first kappa shape index (κ1) is 19.3. The van der Waals surface area contributed by atoms with Crippen LogP contribution < -0.4 is 5.32 Å². The zero-order valence-corrected chi connectivity index (χ0v) is 17.8. The molecular weight excluding hydrogens is 410 g/mol. The van der Waals surface area contributed by atoms with Crippen LogP contribution in [0.5, 0.6) is 0 Å². The number of aromatic amines is 2. The van der Waals surface area contributed by atoms with Crippen molar-refractivity contribution in [2.24, 2.45) is 0 Å². The predicted molar refractivity (Wildman–Crippen MR) is 129 cm³/mol. The minimum atomic E-state index is 0.734. The molecule has 0 saturated heterocycles. The Labute approximate surface area is 190 Å². The number of hydrogen-bond donors (Lipinski definition) is 3. The second kappa shape index (κ2) is 8.29. The summed E-state index contributed by atoms with van der Waals surface area (Å²) in [4.78, 5) is 17.0. The third-order valence-corrected chi connectivity index (χ3v) is 5.68. The van der Waals surface area contributed by atoms with Crippen molar-refractivity contribution in [1.29, 1.82) is 0 Å². The highest BCUT2D eigenvalue weighted by atomic mass is 15.1. The fourth-order valence-corrected chi connectivity index (χ4v) is 4.02. The number of benzene rings is 1. The molecule has 0 fully saturated rings. The number of nitrogens with zero attached hydrogens (tertiary/aromatic N) is 4. The summed E-state index contributed by atoms with van der Waals surface area (Å²) in [6.45, 7) is 1.55. The summed E-state index contributed by atoms with van der Waals surface area (Å²) in [6, 6.07) is 20.5. The van der Waals surface area contributed by atoms with Gasteiger partial charge in [0.25, 0.3) is 0 Å². The number of hydrogen-bond acceptors (Lipinski definition) is 5. The van der Waals surface area contributed by atoms with Crippen molar-refractivity contribution in [2.75, 3.05) is 0 Å². The number of H-pyrrole nitrogens is 2. The first-order valence-corrected chi connectivity index (χ1v) is 10.8. The summed E-state index contributed by atoms with van der Waals surface area (Å²) in [7, 11) is 0. The molecule has 0 saturated carbocycles. The summed E-state index contributed by atoms with van der Waals surface area (Å²) in [5, 5.41) is 12.1. The highest BCUT2D eigenvalue weighted by molar-refractivity contribution is 5.94. The lowest BCUT2D eigenvalue weighted by atomic mass is 10.1. The normalized spacial score (nSPS) is 11.4. The van der Waals surface area contributed by atoms with Crippen molar-refractivity contribution in [3.05, 3.63) is 96.6 Å². The summed E-state index contributed by atoms with van der Waals surface area (Å²) < 4.78 is 0. The summed E-state index contributed by atoms with van der Waals surface area (Å²) in [5.74, 6) is 0. The SMILES string of the molecule is c1ccc(CNCc2cncc(-c3ccc4[nH]nc(-c5cc6cnccc6[nH]5)c4n3)c2)cc1. The highest BCUT2D eigenvalue weighted by Gasteiger charge is 2.14. The van der Waals surface area contributed by atoms with E-state index in [9.17, 15) is 0 Å². The fourth-order valence-electron chi connectivity index (χ4n) is 4.02. The van der Waals surface area contributed by atoms with E-state index in [1.807, 2.05) is 48.9 Å². The molecule has 6 rings (SSSR count). The van der Waals surface area contributed by atoms with E-state index in [2.05, 4.69) is 60.8 Å². The lowest BCUT2D eigenvalue weighted by molar-refractivity contribution is 0.691. The lowest BCUT2D eigenvalue weighted by Gasteiger charge is -2.07. The maximum Gasteiger partial charge on any atom is 0.135 e. The molecule has 0 aliphatic rings. The van der Waals surface area contributed by atoms with E-state index in [0.717, 1.165) is 63.2 Å². The van der Waals surface area contributed by atoms with Crippen molar-refractivity contribution in [1.82, 2.24) is 35.5 Å². The standard InChI is InChI=1S/C26H21N7/c1-2-4-17(5-3-1)12-28-13-18-10-19(16-29-14-18)21-6-7-23-25(31-21)26(33-32-23)24-11-20-15-27-9-8-22(20)30-24/h1-11,14-16,28,30H,12-13H2,(H,32,33). The lowest BCUT2D eigenvalue weighted by Crippen LogP contribution is -2.12. The summed E-state index contributed by atoms with van der Waals surface area (Å²) in [6.07, 6.45) is 7.35. The van der Waals surface area contributed by atoms with Gasteiger partial charge in [0.2, 0.25) is 0 Å². The van der Waals surface area contributed by atoms with Crippen LogP contribution in [0.15, 0.2) is 85.5 Å². The zero-order chi connectivity index (χ0) is 22.0. The Morgan fingerprint density at radius 1 is 0.788 bits per heavy atom. The molecule has 1 aromatic carbocycles. The van der Waals surface area contributed by atoms with E-state index >= 15 is 0 Å². The van der Waals surface area contributed by atoms with E-state index in [1.165, 1.54) is 5.56 Å². The third-order valence-electron chi connectivity index (χ3n) is 5.68. The molecule has 160 valence electrons. The Balaban J connectivity index is 1.28. The molecule has 0 unspecified atom stereocenters. The molecule has 6 aromatic rings. The van der Waals surface area contributed by atoms with E-state index in [0.29, 0.717) is 0 Å². The van der Waals surface area contributed by atoms with Crippen molar-refractivity contribution < 1.29 is 0 Å². The van der Waals surface area contributed by atoms with Crippen LogP contribution in [-0.2, 0) is 13.1 Å². The highest BCUT2D eigenvalue weighted by Crippen LogP contribution is 2.29. The Kier molecular flexibility index (Phi) is 4.86. The van der Waals surface area contributed by atoms with Gasteiger partial charge in [-0.2, -0.15) is 5.10 Å². The molecule has 33 heavy (non-hydrogen) atoms. The number of nitrogens with one attached hydrogen (secondary N) is 3. The number of aromatic nitrogens is 6. The second-order valence-corrected chi connectivity index (χ2v) is 7.98. The van der Waals surface area contributed by atoms with Crippen LogP contribution in [0, 0.1) is 0 Å². The van der Waals surface area contributed by atoms with Crippen LogP contribution in [0.2, 0.25) is 0 Å². The van der Waals surface area contributed by atoms with Gasteiger partial charge in [-0.25, -0.2) is 4.98 Å². The second-order valence-electron chi connectivity index (χ2n) is 7.98. The quantitative estimate of drug-likeness (QED) is 0.350. The van der Waals surface area contributed by atoms with Gasteiger partial charge in [-0.15, -0.1) is 0 Å². The molecule has 7 heteroatoms. The van der Waals surface area contributed by atoms with Gasteiger partial charge in [0, 0.05) is 54.3 Å². The van der Waals surface area contributed by atoms with E-state index in [4.69, 9.17) is 4.98 Å². The van der Waals surface area contributed by atoms with Crippen LogP contribution in [0.4, 0.5) is 0 Å². The van der Waals surface area contributed by atoms with Gasteiger partial charge in [0.05, 0.1) is 16.9 Å². The van der Waals surface area contributed by atoms with E-state index < -0.39 is 0 Å². The van der Waals surface area contributed by atoms with E-state index in [1.54, 1.807) is 6.20 Å². The van der Waals surface area contributed by atoms with Crippen molar-refractivity contribution in [3.8, 4) is 22.6 Å². The van der Waals surface area contributed by atoms with Gasteiger partial charge in [0.15, 0.2) is 0 Å². The average Bonchev–Trinajstić information content (AvgIpc) is 3.48. The topological polar surface area (TPSA) is 95.2 Å². The maximum atomic E-state index is 4.93. The molecule has 0 atom stereocenters. The molecule has 5 heterocycles. The van der Waals surface area contributed by atoms with E-state index in [-0.39, 0.29) is 0 Å². The molecule has 0 aliphatic heterocycles. The van der Waals surface area contributed by atoms with Crippen LogP contribution in [-0.4, -0.2) is 30.1 Å². The van der Waals surface area contributed by atoms with Crippen LogP contribution in [0.25, 0.3) is 44.6 Å². The number of fused-ring (bicyclic) bond motifs is 2. The zero-order valence-electron chi connectivity index (χ0n) is 17.8. The smallest absolute Gasteiger partial charge is 0.135 e. The predicted octanol–water partition coefficient (Wildman–Crippen LogP) is 4.85. The van der Waals surface area contributed by atoms with Crippen LogP contribution >= 0.6 is 0 Å². The number of rotatable bonds is 6. The monoisotopic (exact) mass is 431 g/mol. The maximum absolute atomic E-state index is 4.93. The third kappa shape index (κ3) is 3.86. The Bertz CT molecular complexity index is 1520. The summed E-state index contributed by atoms with van der Waals surface area (Å²) in [5.41, 5.74) is 8.63. The molecule has 0 bridgehead atoms. The first-order valence-electron chi connectivity index (χ1n) is 10.8. The van der Waals surface area contributed by atoms with Crippen LogP contribution in [0.1, 0.15) is 11.1 Å². The summed E-state index contributed by atoms with van der Waals surface area (Å²) >= 11 is 0. The molecule has 0 amide bonds. The first-order chi connectivity index (χ1) is 16.3. The van der Waals surface area contributed by atoms with Gasteiger partial charge in [-0.3, -0.25) is 15.1 Å².